The lowest BCUT2D eigenvalue weighted by Gasteiger charge is -2.18. The molecule has 1 unspecified atom stereocenters. The number of allylic oxidation sites excluding steroid dienone is 12. The monoisotopic (exact) mass is 1100 g/mol. The van der Waals surface area contributed by atoms with Gasteiger partial charge in [-0.15, -0.1) is 0 Å². The number of ether oxygens (including phenoxy) is 3. The van der Waals surface area contributed by atoms with Gasteiger partial charge in [-0.1, -0.05) is 299 Å². The molecule has 0 aliphatic heterocycles. The van der Waals surface area contributed by atoms with Crippen LogP contribution in [0.3, 0.4) is 0 Å². The summed E-state index contributed by atoms with van der Waals surface area (Å²) >= 11 is 0. The normalized spacial score (nSPS) is 12.5. The zero-order valence-electron chi connectivity index (χ0n) is 52.6. The van der Waals surface area contributed by atoms with Gasteiger partial charge in [-0.2, -0.15) is 0 Å². The van der Waals surface area contributed by atoms with E-state index < -0.39 is 6.10 Å². The molecular weight excluding hydrogens is 973 g/mol. The molecule has 0 aromatic rings. The van der Waals surface area contributed by atoms with Crippen LogP contribution < -0.4 is 0 Å². The largest absolute Gasteiger partial charge is 0.462 e. The molecule has 0 rings (SSSR count). The van der Waals surface area contributed by atoms with Crippen molar-refractivity contribution in [3.05, 3.63) is 72.9 Å². The zero-order chi connectivity index (χ0) is 57.1. The topological polar surface area (TPSA) is 78.9 Å². The van der Waals surface area contributed by atoms with Gasteiger partial charge in [-0.05, 0) is 109 Å². The Kier molecular flexibility index (Phi) is 64.7. The van der Waals surface area contributed by atoms with E-state index in [1.54, 1.807) is 0 Å². The predicted molar refractivity (Wildman–Crippen MR) is 344 cm³/mol. The van der Waals surface area contributed by atoms with Gasteiger partial charge in [-0.25, -0.2) is 0 Å². The molecule has 0 aromatic heterocycles. The second-order valence-electron chi connectivity index (χ2n) is 23.1. The summed E-state index contributed by atoms with van der Waals surface area (Å²) in [5.74, 6) is -0.915. The Morgan fingerprint density at radius 2 is 0.494 bits per heavy atom. The predicted octanol–water partition coefficient (Wildman–Crippen LogP) is 23.7. The highest BCUT2D eigenvalue weighted by Crippen LogP contribution is 2.17. The van der Waals surface area contributed by atoms with E-state index in [1.807, 2.05) is 0 Å². The van der Waals surface area contributed by atoms with Gasteiger partial charge in [0.15, 0.2) is 6.10 Å². The first-order valence-corrected chi connectivity index (χ1v) is 34.4. The van der Waals surface area contributed by atoms with Crippen molar-refractivity contribution in [2.45, 2.75) is 361 Å². The summed E-state index contributed by atoms with van der Waals surface area (Å²) in [5, 5.41) is 0. The van der Waals surface area contributed by atoms with E-state index in [1.165, 1.54) is 231 Å². The average molecular weight is 1100 g/mol. The van der Waals surface area contributed by atoms with Crippen molar-refractivity contribution in [2.75, 3.05) is 13.2 Å². The number of unbranched alkanes of at least 4 members (excludes halogenated alkanes) is 40. The number of esters is 3. The molecular formula is C73H130O6. The van der Waals surface area contributed by atoms with E-state index in [0.717, 1.165) is 83.5 Å². The number of carbonyl (C=O) groups is 3. The molecule has 0 N–H and O–H groups in total. The first-order valence-electron chi connectivity index (χ1n) is 34.4. The molecule has 0 saturated heterocycles. The van der Waals surface area contributed by atoms with E-state index in [4.69, 9.17) is 14.2 Å². The highest BCUT2D eigenvalue weighted by Gasteiger charge is 2.19. The van der Waals surface area contributed by atoms with E-state index in [-0.39, 0.29) is 31.1 Å². The van der Waals surface area contributed by atoms with Crippen LogP contribution in [0.25, 0.3) is 0 Å². The molecule has 79 heavy (non-hydrogen) atoms. The van der Waals surface area contributed by atoms with Gasteiger partial charge < -0.3 is 14.2 Å². The summed E-state index contributed by atoms with van der Waals surface area (Å²) in [5.41, 5.74) is 0. The van der Waals surface area contributed by atoms with Crippen LogP contribution in [-0.2, 0) is 28.6 Å². The Morgan fingerprint density at radius 1 is 0.266 bits per heavy atom. The molecule has 0 aromatic carbocycles. The lowest BCUT2D eigenvalue weighted by atomic mass is 10.0. The van der Waals surface area contributed by atoms with Crippen molar-refractivity contribution in [1.29, 1.82) is 0 Å². The minimum atomic E-state index is -0.795. The van der Waals surface area contributed by atoms with Crippen LogP contribution in [-0.4, -0.2) is 37.2 Å². The molecule has 0 aliphatic rings. The fourth-order valence-electron chi connectivity index (χ4n) is 10.0. The minimum Gasteiger partial charge on any atom is -0.462 e. The Morgan fingerprint density at radius 3 is 0.810 bits per heavy atom. The molecule has 0 heterocycles. The Balaban J connectivity index is 4.33. The van der Waals surface area contributed by atoms with Crippen molar-refractivity contribution in [2.24, 2.45) is 0 Å². The van der Waals surface area contributed by atoms with Crippen LogP contribution in [0.5, 0.6) is 0 Å². The Hall–Kier alpha value is -3.15. The number of carbonyl (C=O) groups excluding carboxylic acids is 3. The maximum Gasteiger partial charge on any atom is 0.306 e. The fraction of sp³-hybridized carbons (Fsp3) is 0.795. The van der Waals surface area contributed by atoms with Gasteiger partial charge in [0.1, 0.15) is 13.2 Å². The standard InChI is InChI=1S/C73H130O6/c1-4-7-10-13-16-19-22-25-28-30-32-34-35-36-37-39-40-42-45-48-51-54-57-60-63-66-72(75)78-69-70(68-77-71(74)65-62-59-56-53-50-47-44-27-24-21-18-15-12-9-6-3)79-73(76)67-64-61-58-55-52-49-46-43-41-38-33-31-29-26-23-20-17-14-11-8-5-2/h9,12,18,21,27,30-33,44,50,53,70H,4-8,10-11,13-17,19-20,22-26,28-29,34-43,45-49,51-52,54-69H2,1-3H3/b12-9-,21-18-,32-30-,33-31-,44-27-,53-50-. The molecule has 0 bridgehead atoms. The third-order valence-corrected chi connectivity index (χ3v) is 15.2. The lowest BCUT2D eigenvalue weighted by Crippen LogP contribution is -2.30. The van der Waals surface area contributed by atoms with Crippen LogP contribution in [0.1, 0.15) is 355 Å². The molecule has 6 heteroatoms. The molecule has 0 fully saturated rings. The summed E-state index contributed by atoms with van der Waals surface area (Å²) in [4.78, 5) is 38.4. The lowest BCUT2D eigenvalue weighted by molar-refractivity contribution is -0.167. The highest BCUT2D eigenvalue weighted by molar-refractivity contribution is 5.71. The molecule has 0 spiro atoms. The maximum atomic E-state index is 12.9. The van der Waals surface area contributed by atoms with E-state index >= 15 is 0 Å². The second kappa shape index (κ2) is 67.4. The SMILES string of the molecule is CC/C=C\C/C=C\C/C=C\C/C=C\CCCCC(=O)OCC(COC(=O)CCCCCCCCCCCCCCC/C=C\CCCCCCCCCC)OC(=O)CCCCCCCCCCC/C=C\CCCCCCCCCC. The summed E-state index contributed by atoms with van der Waals surface area (Å²) in [6, 6.07) is 0. The quantitative estimate of drug-likeness (QED) is 0.0261. The van der Waals surface area contributed by atoms with Crippen LogP contribution in [0.2, 0.25) is 0 Å². The van der Waals surface area contributed by atoms with E-state index in [9.17, 15) is 14.4 Å². The molecule has 0 amide bonds. The second-order valence-corrected chi connectivity index (χ2v) is 23.1. The minimum absolute atomic E-state index is 0.0872. The van der Waals surface area contributed by atoms with Crippen molar-refractivity contribution >= 4 is 17.9 Å². The van der Waals surface area contributed by atoms with Gasteiger partial charge in [0.05, 0.1) is 0 Å². The zero-order valence-corrected chi connectivity index (χ0v) is 52.6. The fourth-order valence-corrected chi connectivity index (χ4v) is 10.0. The summed E-state index contributed by atoms with van der Waals surface area (Å²) in [6.07, 6.45) is 87.9. The van der Waals surface area contributed by atoms with Crippen LogP contribution in [0.4, 0.5) is 0 Å². The third kappa shape index (κ3) is 65.5. The van der Waals surface area contributed by atoms with Crippen LogP contribution in [0, 0.1) is 0 Å². The summed E-state index contributed by atoms with van der Waals surface area (Å²) in [7, 11) is 0. The number of rotatable bonds is 63. The smallest absolute Gasteiger partial charge is 0.306 e. The van der Waals surface area contributed by atoms with E-state index in [0.29, 0.717) is 19.3 Å². The molecule has 0 radical (unpaired) electrons. The summed E-state index contributed by atoms with van der Waals surface area (Å²) < 4.78 is 16.9. The first-order chi connectivity index (χ1) is 39.0. The Labute approximate surface area is 491 Å². The van der Waals surface area contributed by atoms with Gasteiger partial charge in [0.25, 0.3) is 0 Å². The summed E-state index contributed by atoms with van der Waals surface area (Å²) in [6.45, 7) is 6.54. The van der Waals surface area contributed by atoms with E-state index in [2.05, 4.69) is 93.7 Å². The van der Waals surface area contributed by atoms with Gasteiger partial charge in [0, 0.05) is 19.3 Å². The molecule has 458 valence electrons. The highest BCUT2D eigenvalue weighted by atomic mass is 16.6. The van der Waals surface area contributed by atoms with Crippen molar-refractivity contribution in [1.82, 2.24) is 0 Å². The third-order valence-electron chi connectivity index (χ3n) is 15.2. The van der Waals surface area contributed by atoms with Crippen LogP contribution >= 0.6 is 0 Å². The number of hydrogen-bond acceptors (Lipinski definition) is 6. The van der Waals surface area contributed by atoms with Crippen molar-refractivity contribution < 1.29 is 28.6 Å². The molecule has 0 saturated carbocycles. The molecule has 1 atom stereocenters. The van der Waals surface area contributed by atoms with Gasteiger partial charge in [-0.3, -0.25) is 14.4 Å². The molecule has 6 nitrogen and oxygen atoms in total. The molecule has 0 aliphatic carbocycles. The van der Waals surface area contributed by atoms with Crippen molar-refractivity contribution in [3.63, 3.8) is 0 Å². The van der Waals surface area contributed by atoms with Crippen molar-refractivity contribution in [3.8, 4) is 0 Å². The first kappa shape index (κ1) is 75.8. The Bertz CT molecular complexity index is 1450. The maximum absolute atomic E-state index is 12.9. The van der Waals surface area contributed by atoms with Gasteiger partial charge in [0.2, 0.25) is 0 Å². The van der Waals surface area contributed by atoms with Crippen LogP contribution in [0.15, 0.2) is 72.9 Å². The average Bonchev–Trinajstić information content (AvgIpc) is 3.45. The number of hydrogen-bond donors (Lipinski definition) is 0. The van der Waals surface area contributed by atoms with Gasteiger partial charge >= 0.3 is 17.9 Å².